The molecule has 33 heavy (non-hydrogen) atoms. The Bertz CT molecular complexity index is 865. The van der Waals surface area contributed by atoms with Crippen LogP contribution >= 0.6 is 0 Å². The molecule has 0 amide bonds. The van der Waals surface area contributed by atoms with Crippen LogP contribution in [0.1, 0.15) is 69.7 Å². The molecular formula is C27H42N6. The summed E-state index contributed by atoms with van der Waals surface area (Å²) in [6.07, 6.45) is 8.75. The summed E-state index contributed by atoms with van der Waals surface area (Å²) < 4.78 is 0. The molecule has 4 atom stereocenters. The molecule has 0 bridgehead atoms. The minimum atomic E-state index is 0.281. The first-order chi connectivity index (χ1) is 15.9. The summed E-state index contributed by atoms with van der Waals surface area (Å²) in [5.41, 5.74) is 11.0. The van der Waals surface area contributed by atoms with E-state index in [4.69, 9.17) is 15.7 Å². The van der Waals surface area contributed by atoms with E-state index in [2.05, 4.69) is 79.6 Å². The lowest BCUT2D eigenvalue weighted by atomic mass is 9.85. The van der Waals surface area contributed by atoms with Gasteiger partial charge in [0.2, 0.25) is 0 Å². The fourth-order valence-electron chi connectivity index (χ4n) is 5.46. The topological polar surface area (TPSA) is 70.3 Å². The molecule has 4 heterocycles. The van der Waals surface area contributed by atoms with E-state index in [1.165, 1.54) is 29.9 Å². The van der Waals surface area contributed by atoms with Crippen molar-refractivity contribution in [3.05, 3.63) is 48.0 Å². The first-order valence-electron chi connectivity index (χ1n) is 12.8. The van der Waals surface area contributed by atoms with Crippen LogP contribution in [0.2, 0.25) is 0 Å². The monoisotopic (exact) mass is 450 g/mol. The van der Waals surface area contributed by atoms with Gasteiger partial charge in [-0.25, -0.2) is 0 Å². The molecule has 2 aliphatic heterocycles. The number of hydrogen-bond acceptors (Lipinski definition) is 6. The molecule has 2 fully saturated rings. The van der Waals surface area contributed by atoms with Gasteiger partial charge >= 0.3 is 0 Å². The van der Waals surface area contributed by atoms with Gasteiger partial charge in [-0.2, -0.15) is 0 Å². The van der Waals surface area contributed by atoms with E-state index in [1.807, 2.05) is 0 Å². The van der Waals surface area contributed by atoms with Crippen LogP contribution in [0.15, 0.2) is 36.7 Å². The Hall–Kier alpha value is -2.18. The Morgan fingerprint density at radius 1 is 0.970 bits per heavy atom. The van der Waals surface area contributed by atoms with E-state index < -0.39 is 0 Å². The van der Waals surface area contributed by atoms with E-state index >= 15 is 0 Å². The minimum absolute atomic E-state index is 0.281. The number of hydrogen-bond donors (Lipinski definition) is 2. The fourth-order valence-corrected chi connectivity index (χ4v) is 5.46. The summed E-state index contributed by atoms with van der Waals surface area (Å²) in [5, 5.41) is 3.53. The van der Waals surface area contributed by atoms with Gasteiger partial charge in [0.15, 0.2) is 0 Å². The Morgan fingerprint density at radius 3 is 2.27 bits per heavy atom. The molecular weight excluding hydrogens is 408 g/mol. The maximum atomic E-state index is 6.17. The molecule has 0 saturated carbocycles. The lowest BCUT2D eigenvalue weighted by Crippen LogP contribution is -2.48. The van der Waals surface area contributed by atoms with E-state index in [1.54, 1.807) is 0 Å². The van der Waals surface area contributed by atoms with Crippen molar-refractivity contribution in [2.45, 2.75) is 70.4 Å². The fraction of sp³-hybridized carbons (Fsp3) is 0.630. The summed E-state index contributed by atoms with van der Waals surface area (Å²) >= 11 is 0. The second kappa shape index (κ2) is 10.8. The van der Waals surface area contributed by atoms with Crippen LogP contribution in [0.4, 0.5) is 11.4 Å². The predicted octanol–water partition coefficient (Wildman–Crippen LogP) is 4.14. The molecule has 2 aromatic heterocycles. The maximum Gasteiger partial charge on any atom is 0.0553 e. The van der Waals surface area contributed by atoms with Crippen molar-refractivity contribution < 1.29 is 0 Å². The van der Waals surface area contributed by atoms with Crippen LogP contribution in [-0.2, 0) is 0 Å². The third-order valence-corrected chi connectivity index (χ3v) is 7.46. The first kappa shape index (κ1) is 24.0. The van der Waals surface area contributed by atoms with Crippen LogP contribution in [-0.4, -0.2) is 55.3 Å². The van der Waals surface area contributed by atoms with Crippen LogP contribution in [0.3, 0.4) is 0 Å². The maximum absolute atomic E-state index is 6.17. The van der Waals surface area contributed by atoms with Gasteiger partial charge in [0.05, 0.1) is 23.8 Å². The van der Waals surface area contributed by atoms with Gasteiger partial charge in [-0.05, 0) is 74.8 Å². The SMILES string of the molecule is CNC1CC(CC(C)c2ccc(N3CCC[C@H](N)C3)cn2)CN(c2ccc(C(C)C)nc2)C1. The Morgan fingerprint density at radius 2 is 1.67 bits per heavy atom. The second-order valence-corrected chi connectivity index (χ2v) is 10.5. The molecule has 6 nitrogen and oxygen atoms in total. The van der Waals surface area contributed by atoms with Crippen LogP contribution < -0.4 is 20.9 Å². The number of likely N-dealkylation sites (N-methyl/N-ethyl adjacent to an activating group) is 1. The number of pyridine rings is 2. The van der Waals surface area contributed by atoms with Gasteiger partial charge in [-0.3, -0.25) is 9.97 Å². The highest BCUT2D eigenvalue weighted by Crippen LogP contribution is 2.31. The summed E-state index contributed by atoms with van der Waals surface area (Å²) in [5.74, 6) is 1.52. The number of piperidine rings is 2. The number of anilines is 2. The van der Waals surface area contributed by atoms with E-state index in [0.29, 0.717) is 23.8 Å². The van der Waals surface area contributed by atoms with Crippen molar-refractivity contribution in [1.29, 1.82) is 0 Å². The standard InChI is InChI=1S/C27H42N6/c1-19(2)26-9-7-25(15-30-26)33-16-21(13-23(18-33)29-4)12-20(3)27-10-8-24(14-31-27)32-11-5-6-22(28)17-32/h7-10,14-15,19-23,29H,5-6,11-13,16-18,28H2,1-4H3/t20?,21?,22-,23?/m0/s1. The Balaban J connectivity index is 1.39. The third kappa shape index (κ3) is 6.04. The highest BCUT2D eigenvalue weighted by molar-refractivity contribution is 5.46. The molecule has 0 aliphatic carbocycles. The highest BCUT2D eigenvalue weighted by atomic mass is 15.2. The molecule has 0 radical (unpaired) electrons. The average molecular weight is 451 g/mol. The molecule has 0 aromatic carbocycles. The quantitative estimate of drug-likeness (QED) is 0.661. The molecule has 3 N–H and O–H groups in total. The predicted molar refractivity (Wildman–Crippen MR) is 138 cm³/mol. The zero-order chi connectivity index (χ0) is 23.4. The van der Waals surface area contributed by atoms with Crippen LogP contribution in [0.5, 0.6) is 0 Å². The van der Waals surface area contributed by atoms with Crippen molar-refractivity contribution in [3.8, 4) is 0 Å². The molecule has 2 saturated heterocycles. The number of rotatable bonds is 7. The first-order valence-corrected chi connectivity index (χ1v) is 12.8. The van der Waals surface area contributed by atoms with Gasteiger partial charge in [0.25, 0.3) is 0 Å². The second-order valence-electron chi connectivity index (χ2n) is 10.5. The van der Waals surface area contributed by atoms with Crippen LogP contribution in [0, 0.1) is 5.92 Å². The van der Waals surface area contributed by atoms with Gasteiger partial charge in [0.1, 0.15) is 0 Å². The van der Waals surface area contributed by atoms with Gasteiger partial charge in [0, 0.05) is 49.7 Å². The number of nitrogens with two attached hydrogens (primary N) is 1. The van der Waals surface area contributed by atoms with Crippen molar-refractivity contribution >= 4 is 11.4 Å². The highest BCUT2D eigenvalue weighted by Gasteiger charge is 2.28. The lowest BCUT2D eigenvalue weighted by Gasteiger charge is -2.40. The zero-order valence-electron chi connectivity index (χ0n) is 20.9. The van der Waals surface area contributed by atoms with Gasteiger partial charge in [-0.15, -0.1) is 0 Å². The number of nitrogens with zero attached hydrogens (tertiary/aromatic N) is 4. The van der Waals surface area contributed by atoms with E-state index in [9.17, 15) is 0 Å². The molecule has 4 rings (SSSR count). The smallest absolute Gasteiger partial charge is 0.0553 e. The van der Waals surface area contributed by atoms with Crippen molar-refractivity contribution in [1.82, 2.24) is 15.3 Å². The average Bonchev–Trinajstić information content (AvgIpc) is 2.84. The summed E-state index contributed by atoms with van der Waals surface area (Å²) in [7, 11) is 2.08. The molecule has 2 aromatic rings. The van der Waals surface area contributed by atoms with E-state index in [0.717, 1.165) is 44.7 Å². The largest absolute Gasteiger partial charge is 0.369 e. The molecule has 2 aliphatic rings. The Labute approximate surface area is 200 Å². The van der Waals surface area contributed by atoms with Crippen molar-refractivity contribution in [2.75, 3.05) is 43.0 Å². The Kier molecular flexibility index (Phi) is 7.86. The number of aromatic nitrogens is 2. The lowest BCUT2D eigenvalue weighted by molar-refractivity contribution is 0.316. The summed E-state index contributed by atoms with van der Waals surface area (Å²) in [6, 6.07) is 9.67. The van der Waals surface area contributed by atoms with E-state index in [-0.39, 0.29) is 6.04 Å². The zero-order valence-corrected chi connectivity index (χ0v) is 20.9. The van der Waals surface area contributed by atoms with Crippen molar-refractivity contribution in [2.24, 2.45) is 11.7 Å². The van der Waals surface area contributed by atoms with Crippen LogP contribution in [0.25, 0.3) is 0 Å². The molecule has 3 unspecified atom stereocenters. The van der Waals surface area contributed by atoms with Gasteiger partial charge < -0.3 is 20.9 Å². The minimum Gasteiger partial charge on any atom is -0.369 e. The molecule has 6 heteroatoms. The van der Waals surface area contributed by atoms with Gasteiger partial charge in [-0.1, -0.05) is 20.8 Å². The molecule has 0 spiro atoms. The normalized spacial score (nSPS) is 24.8. The third-order valence-electron chi connectivity index (χ3n) is 7.46. The summed E-state index contributed by atoms with van der Waals surface area (Å²) in [6.45, 7) is 10.8. The summed E-state index contributed by atoms with van der Waals surface area (Å²) in [4.78, 5) is 14.5. The number of nitrogens with one attached hydrogen (secondary N) is 1. The molecule has 180 valence electrons. The van der Waals surface area contributed by atoms with Crippen molar-refractivity contribution in [3.63, 3.8) is 0 Å².